The van der Waals surface area contributed by atoms with Crippen LogP contribution >= 0.6 is 7.82 Å². The number of ether oxygens (including phenoxy) is 1. The fourth-order valence-electron chi connectivity index (χ4n) is 0.659. The molecule has 92 valence electrons. The van der Waals surface area contributed by atoms with E-state index in [1.54, 1.807) is 0 Å². The quantitative estimate of drug-likeness (QED) is 0.309. The van der Waals surface area contributed by atoms with Crippen LogP contribution in [-0.4, -0.2) is 30.0 Å². The van der Waals surface area contributed by atoms with Crippen LogP contribution in [0.2, 0.25) is 0 Å². The van der Waals surface area contributed by atoms with Crippen molar-refractivity contribution >= 4 is 19.8 Å². The van der Waals surface area contributed by atoms with E-state index in [0.717, 1.165) is 13.0 Å². The summed E-state index contributed by atoms with van der Waals surface area (Å²) in [5.74, 6) is -1.50. The maximum atomic E-state index is 10.9. The summed E-state index contributed by atoms with van der Waals surface area (Å²) in [6.45, 7) is 4.01. The van der Waals surface area contributed by atoms with Gasteiger partial charge in [0.25, 0.3) is 0 Å². The molecule has 0 aromatic carbocycles. The molecule has 0 heterocycles. The van der Waals surface area contributed by atoms with Gasteiger partial charge in [-0.2, -0.15) is 0 Å². The van der Waals surface area contributed by atoms with E-state index >= 15 is 0 Å². The molecule has 16 heavy (non-hydrogen) atoms. The summed E-state index contributed by atoms with van der Waals surface area (Å²) in [7, 11) is -4.33. The van der Waals surface area contributed by atoms with E-state index in [9.17, 15) is 14.2 Å². The fourth-order valence-corrected chi connectivity index (χ4v) is 1.40. The van der Waals surface area contributed by atoms with Gasteiger partial charge in [-0.1, -0.05) is 6.58 Å². The number of carbonyl (C=O) groups excluding carboxylic acids is 2. The lowest BCUT2D eigenvalue weighted by molar-refractivity contribution is -0.137. The highest BCUT2D eigenvalue weighted by molar-refractivity contribution is 7.48. The second-order valence-corrected chi connectivity index (χ2v) is 3.99. The van der Waals surface area contributed by atoms with Crippen LogP contribution in [0.4, 0.5) is 0 Å². The van der Waals surface area contributed by atoms with E-state index in [4.69, 9.17) is 4.89 Å². The van der Waals surface area contributed by atoms with E-state index in [1.165, 1.54) is 0 Å². The van der Waals surface area contributed by atoms with E-state index in [0.29, 0.717) is 0 Å². The maximum absolute atomic E-state index is 10.9. The normalized spacial score (nSPS) is 13.6. The zero-order valence-corrected chi connectivity index (χ0v) is 9.64. The van der Waals surface area contributed by atoms with Gasteiger partial charge in [-0.3, -0.25) is 14.2 Å². The molecule has 0 aliphatic heterocycles. The van der Waals surface area contributed by atoms with Crippen molar-refractivity contribution in [1.82, 2.24) is 0 Å². The molecule has 8 heteroatoms. The second-order valence-electron chi connectivity index (χ2n) is 2.61. The summed E-state index contributed by atoms with van der Waals surface area (Å²) >= 11 is 0. The topological polar surface area (TPSA) is 99.1 Å². The molecule has 0 amide bonds. The Hall–Kier alpha value is -1.17. The van der Waals surface area contributed by atoms with Crippen molar-refractivity contribution in [1.29, 1.82) is 0 Å². The maximum Gasteiger partial charge on any atom is 0.529 e. The predicted octanol–water partition coefficient (Wildman–Crippen LogP) is 0.786. The first-order valence-corrected chi connectivity index (χ1v) is 5.83. The average molecular weight is 252 g/mol. The molecule has 0 aromatic rings. The van der Waals surface area contributed by atoms with Crippen LogP contribution in [0.5, 0.6) is 0 Å². The van der Waals surface area contributed by atoms with E-state index < -0.39 is 19.8 Å². The van der Waals surface area contributed by atoms with Gasteiger partial charge in [0.2, 0.25) is 0 Å². The van der Waals surface area contributed by atoms with Crippen molar-refractivity contribution < 1.29 is 32.8 Å². The summed E-state index contributed by atoms with van der Waals surface area (Å²) in [5.41, 5.74) is 0. The lowest BCUT2D eigenvalue weighted by Crippen LogP contribution is -2.06. The van der Waals surface area contributed by atoms with Crippen LogP contribution in [0.1, 0.15) is 13.3 Å². The standard InChI is InChI=1S/C8H13O7P/c1-3-8(10)13-5-4-6-14-16(11,12)15-7(2)9/h3H,1,4-6H2,2H3,(H,11,12). The molecule has 1 atom stereocenters. The highest BCUT2D eigenvalue weighted by atomic mass is 31.2. The lowest BCUT2D eigenvalue weighted by atomic mass is 10.5. The van der Waals surface area contributed by atoms with Gasteiger partial charge in [0.1, 0.15) is 0 Å². The van der Waals surface area contributed by atoms with Gasteiger partial charge in [0.05, 0.1) is 13.2 Å². The van der Waals surface area contributed by atoms with E-state index in [-0.39, 0.29) is 19.6 Å². The number of rotatable bonds is 7. The molecule has 1 N–H and O–H groups in total. The van der Waals surface area contributed by atoms with Crippen LogP contribution in [0.25, 0.3) is 0 Å². The Kier molecular flexibility index (Phi) is 6.64. The molecule has 0 bridgehead atoms. The van der Waals surface area contributed by atoms with Crippen LogP contribution in [0.3, 0.4) is 0 Å². The lowest BCUT2D eigenvalue weighted by Gasteiger charge is -2.09. The first-order valence-electron chi connectivity index (χ1n) is 4.34. The monoisotopic (exact) mass is 252 g/mol. The molecule has 0 aliphatic carbocycles. The largest absolute Gasteiger partial charge is 0.529 e. The Morgan fingerprint density at radius 1 is 1.44 bits per heavy atom. The number of carbonyl (C=O) groups is 2. The number of esters is 1. The summed E-state index contributed by atoms with van der Waals surface area (Å²) < 4.78 is 23.9. The molecule has 0 rings (SSSR count). The smallest absolute Gasteiger partial charge is 0.462 e. The highest BCUT2D eigenvalue weighted by Crippen LogP contribution is 2.43. The Balaban J connectivity index is 3.65. The number of hydrogen-bond donors (Lipinski definition) is 1. The third-order valence-electron chi connectivity index (χ3n) is 1.20. The summed E-state index contributed by atoms with van der Waals surface area (Å²) in [6.07, 6.45) is 1.20. The fraction of sp³-hybridized carbons (Fsp3) is 0.500. The third-order valence-corrected chi connectivity index (χ3v) is 2.19. The predicted molar refractivity (Wildman–Crippen MR) is 53.3 cm³/mol. The van der Waals surface area contributed by atoms with E-state index in [1.807, 2.05) is 0 Å². The molecule has 0 fully saturated rings. The molecule has 0 saturated carbocycles. The first kappa shape index (κ1) is 14.8. The Morgan fingerprint density at radius 2 is 2.06 bits per heavy atom. The third kappa shape index (κ3) is 8.16. The van der Waals surface area contributed by atoms with Crippen molar-refractivity contribution in [2.45, 2.75) is 13.3 Å². The SMILES string of the molecule is C=CC(=O)OCCCOP(=O)(O)OC(C)=O. The highest BCUT2D eigenvalue weighted by Gasteiger charge is 2.23. The van der Waals surface area contributed by atoms with Crippen LogP contribution in [-0.2, 0) is 27.9 Å². The number of phosphoric acid groups is 1. The minimum atomic E-state index is -4.33. The van der Waals surface area contributed by atoms with Gasteiger partial charge in [-0.15, -0.1) is 0 Å². The Bertz CT molecular complexity index is 312. The second kappa shape index (κ2) is 7.16. The summed E-state index contributed by atoms with van der Waals surface area (Å²) in [6, 6.07) is 0. The molecule has 0 aliphatic rings. The molecule has 0 aromatic heterocycles. The zero-order chi connectivity index (χ0) is 12.6. The molecule has 0 saturated heterocycles. The van der Waals surface area contributed by atoms with Crippen LogP contribution in [0.15, 0.2) is 12.7 Å². The summed E-state index contributed by atoms with van der Waals surface area (Å²) in [4.78, 5) is 29.8. The molecular weight excluding hydrogens is 239 g/mol. The van der Waals surface area contributed by atoms with Crippen molar-refractivity contribution in [3.05, 3.63) is 12.7 Å². The van der Waals surface area contributed by atoms with Crippen molar-refractivity contribution in [2.75, 3.05) is 13.2 Å². The van der Waals surface area contributed by atoms with Crippen LogP contribution < -0.4 is 0 Å². The first-order chi connectivity index (χ1) is 7.37. The van der Waals surface area contributed by atoms with Crippen molar-refractivity contribution in [3.63, 3.8) is 0 Å². The molecular formula is C8H13O7P. The van der Waals surface area contributed by atoms with Gasteiger partial charge < -0.3 is 9.26 Å². The molecule has 0 spiro atoms. The van der Waals surface area contributed by atoms with Gasteiger partial charge >= 0.3 is 19.8 Å². The molecule has 1 unspecified atom stereocenters. The Labute approximate surface area is 92.6 Å². The molecule has 0 radical (unpaired) electrons. The van der Waals surface area contributed by atoms with Gasteiger partial charge in [0, 0.05) is 19.4 Å². The number of hydrogen-bond acceptors (Lipinski definition) is 6. The van der Waals surface area contributed by atoms with E-state index in [2.05, 4.69) is 20.4 Å². The Morgan fingerprint density at radius 3 is 2.56 bits per heavy atom. The average Bonchev–Trinajstić information content (AvgIpc) is 2.14. The van der Waals surface area contributed by atoms with Crippen molar-refractivity contribution in [3.8, 4) is 0 Å². The summed E-state index contributed by atoms with van der Waals surface area (Å²) in [5, 5.41) is 0. The molecule has 7 nitrogen and oxygen atoms in total. The van der Waals surface area contributed by atoms with Crippen molar-refractivity contribution in [2.24, 2.45) is 0 Å². The van der Waals surface area contributed by atoms with Gasteiger partial charge in [-0.05, 0) is 0 Å². The minimum absolute atomic E-state index is 0.0188. The minimum Gasteiger partial charge on any atom is -0.462 e. The van der Waals surface area contributed by atoms with Crippen LogP contribution in [0, 0.1) is 0 Å². The zero-order valence-electron chi connectivity index (χ0n) is 8.75. The van der Waals surface area contributed by atoms with Gasteiger partial charge in [0.15, 0.2) is 0 Å². The van der Waals surface area contributed by atoms with Gasteiger partial charge in [-0.25, -0.2) is 9.36 Å². The number of phosphoric ester groups is 1.